The zero-order valence-electron chi connectivity index (χ0n) is 8.85. The maximum Gasteiger partial charge on any atom is 0.151 e. The number of nitrogens with one attached hydrogen (secondary N) is 1. The van der Waals surface area contributed by atoms with Crippen molar-refractivity contribution >= 4 is 44.7 Å². The van der Waals surface area contributed by atoms with E-state index in [0.717, 1.165) is 21.9 Å². The Bertz CT molecular complexity index is 663. The van der Waals surface area contributed by atoms with E-state index in [1.54, 1.807) is 0 Å². The highest BCUT2D eigenvalue weighted by molar-refractivity contribution is 7.13. The fourth-order valence-electron chi connectivity index (χ4n) is 1.68. The van der Waals surface area contributed by atoms with Crippen molar-refractivity contribution in [3.63, 3.8) is 0 Å². The van der Waals surface area contributed by atoms with Gasteiger partial charge in [0.1, 0.15) is 0 Å². The molecule has 3 aromatic rings. The van der Waals surface area contributed by atoms with Crippen molar-refractivity contribution in [1.29, 1.82) is 0 Å². The zero-order valence-corrected chi connectivity index (χ0v) is 10.4. The number of rotatable bonds is 2. The molecular formula is C13H9ClN2S. The van der Waals surface area contributed by atoms with E-state index in [0.29, 0.717) is 0 Å². The molecule has 4 heteroatoms. The molecule has 2 nitrogen and oxygen atoms in total. The van der Waals surface area contributed by atoms with Crippen LogP contribution in [0.4, 0.5) is 11.5 Å². The van der Waals surface area contributed by atoms with Crippen LogP contribution >= 0.6 is 23.1 Å². The van der Waals surface area contributed by atoms with Crippen LogP contribution in [-0.4, -0.2) is 4.37 Å². The van der Waals surface area contributed by atoms with Gasteiger partial charge in [-0.1, -0.05) is 29.8 Å². The van der Waals surface area contributed by atoms with Crippen molar-refractivity contribution in [3.05, 3.63) is 53.6 Å². The summed E-state index contributed by atoms with van der Waals surface area (Å²) in [6, 6.07) is 15.8. The summed E-state index contributed by atoms with van der Waals surface area (Å²) >= 11 is 7.44. The fourth-order valence-corrected chi connectivity index (χ4v) is 2.61. The molecule has 0 aliphatic carbocycles. The zero-order chi connectivity index (χ0) is 11.7. The standard InChI is InChI=1S/C13H9ClN2S/c14-9-4-3-5-10(8-9)15-13-11-6-1-2-7-12(11)17-16-13/h1-8H,(H,15,16). The van der Waals surface area contributed by atoms with Gasteiger partial charge in [0.25, 0.3) is 0 Å². The van der Waals surface area contributed by atoms with E-state index < -0.39 is 0 Å². The van der Waals surface area contributed by atoms with E-state index in [9.17, 15) is 0 Å². The number of hydrogen-bond acceptors (Lipinski definition) is 3. The summed E-state index contributed by atoms with van der Waals surface area (Å²) in [6.07, 6.45) is 0. The van der Waals surface area contributed by atoms with Crippen LogP contribution in [0.2, 0.25) is 5.02 Å². The van der Waals surface area contributed by atoms with Gasteiger partial charge in [-0.2, -0.15) is 4.37 Å². The molecule has 3 rings (SSSR count). The molecule has 0 aliphatic heterocycles. The Morgan fingerprint density at radius 1 is 1.06 bits per heavy atom. The molecule has 1 aromatic heterocycles. The minimum atomic E-state index is 0.717. The Morgan fingerprint density at radius 3 is 2.82 bits per heavy atom. The van der Waals surface area contributed by atoms with Crippen molar-refractivity contribution < 1.29 is 0 Å². The molecule has 1 N–H and O–H groups in total. The van der Waals surface area contributed by atoms with E-state index in [4.69, 9.17) is 11.6 Å². The third-order valence-corrected chi connectivity index (χ3v) is 3.53. The second kappa shape index (κ2) is 4.35. The van der Waals surface area contributed by atoms with Crippen molar-refractivity contribution in [2.75, 3.05) is 5.32 Å². The van der Waals surface area contributed by atoms with Gasteiger partial charge in [0.15, 0.2) is 5.82 Å². The van der Waals surface area contributed by atoms with Crippen LogP contribution in [0.3, 0.4) is 0 Å². The molecule has 0 fully saturated rings. The van der Waals surface area contributed by atoms with Gasteiger partial charge in [-0.05, 0) is 41.9 Å². The first-order valence-electron chi connectivity index (χ1n) is 5.20. The molecule has 0 spiro atoms. The predicted molar refractivity (Wildman–Crippen MR) is 74.4 cm³/mol. The molecule has 0 amide bonds. The first kappa shape index (κ1) is 10.6. The molecule has 17 heavy (non-hydrogen) atoms. The number of aromatic nitrogens is 1. The fraction of sp³-hybridized carbons (Fsp3) is 0. The molecule has 0 radical (unpaired) electrons. The number of anilines is 2. The second-order valence-corrected chi connectivity index (χ2v) is 4.90. The smallest absolute Gasteiger partial charge is 0.151 e. The molecule has 0 saturated heterocycles. The third-order valence-electron chi connectivity index (χ3n) is 2.46. The van der Waals surface area contributed by atoms with Crippen LogP contribution in [0, 0.1) is 0 Å². The van der Waals surface area contributed by atoms with E-state index in [2.05, 4.69) is 21.8 Å². The summed E-state index contributed by atoms with van der Waals surface area (Å²) in [5, 5.41) is 5.14. The SMILES string of the molecule is Clc1cccc(Nc2nsc3ccccc23)c1. The highest BCUT2D eigenvalue weighted by Gasteiger charge is 2.05. The summed E-state index contributed by atoms with van der Waals surface area (Å²) in [4.78, 5) is 0. The number of nitrogens with zero attached hydrogens (tertiary/aromatic N) is 1. The summed E-state index contributed by atoms with van der Waals surface area (Å²) in [5.74, 6) is 0.882. The lowest BCUT2D eigenvalue weighted by Crippen LogP contribution is -1.89. The van der Waals surface area contributed by atoms with Gasteiger partial charge < -0.3 is 5.32 Å². The Balaban J connectivity index is 2.00. The largest absolute Gasteiger partial charge is 0.339 e. The topological polar surface area (TPSA) is 24.9 Å². The van der Waals surface area contributed by atoms with Crippen LogP contribution in [0.5, 0.6) is 0 Å². The van der Waals surface area contributed by atoms with Crippen LogP contribution in [0.1, 0.15) is 0 Å². The highest BCUT2D eigenvalue weighted by Crippen LogP contribution is 2.29. The molecule has 84 valence electrons. The summed E-state index contributed by atoms with van der Waals surface area (Å²) < 4.78 is 5.59. The third kappa shape index (κ3) is 2.12. The van der Waals surface area contributed by atoms with Gasteiger partial charge in [0.2, 0.25) is 0 Å². The molecule has 0 bridgehead atoms. The van der Waals surface area contributed by atoms with Gasteiger partial charge in [0.05, 0.1) is 4.70 Å². The van der Waals surface area contributed by atoms with Crippen LogP contribution in [-0.2, 0) is 0 Å². The first-order chi connectivity index (χ1) is 8.33. The highest BCUT2D eigenvalue weighted by atomic mass is 35.5. The van der Waals surface area contributed by atoms with Crippen LogP contribution in [0.15, 0.2) is 48.5 Å². The number of halogens is 1. The maximum atomic E-state index is 5.95. The van der Waals surface area contributed by atoms with E-state index in [1.807, 2.05) is 36.4 Å². The Kier molecular flexibility index (Phi) is 2.71. The average molecular weight is 261 g/mol. The van der Waals surface area contributed by atoms with E-state index in [-0.39, 0.29) is 0 Å². The van der Waals surface area contributed by atoms with Crippen molar-refractivity contribution in [1.82, 2.24) is 4.37 Å². The summed E-state index contributed by atoms with van der Waals surface area (Å²) in [5.41, 5.74) is 0.952. The number of fused-ring (bicyclic) bond motifs is 1. The van der Waals surface area contributed by atoms with Crippen molar-refractivity contribution in [2.24, 2.45) is 0 Å². The average Bonchev–Trinajstić information content (AvgIpc) is 2.73. The first-order valence-corrected chi connectivity index (χ1v) is 6.35. The molecule has 0 saturated carbocycles. The lowest BCUT2D eigenvalue weighted by molar-refractivity contribution is 1.49. The molecule has 0 aliphatic rings. The minimum absolute atomic E-state index is 0.717. The van der Waals surface area contributed by atoms with Crippen LogP contribution in [0.25, 0.3) is 10.1 Å². The maximum absolute atomic E-state index is 5.95. The predicted octanol–water partition coefficient (Wildman–Crippen LogP) is 4.69. The number of benzene rings is 2. The Hall–Kier alpha value is -1.58. The lowest BCUT2D eigenvalue weighted by Gasteiger charge is -2.03. The second-order valence-electron chi connectivity index (χ2n) is 3.66. The molecule has 0 unspecified atom stereocenters. The van der Waals surface area contributed by atoms with E-state index in [1.165, 1.54) is 16.2 Å². The monoisotopic (exact) mass is 260 g/mol. The lowest BCUT2D eigenvalue weighted by atomic mass is 10.2. The normalized spacial score (nSPS) is 10.6. The summed E-state index contributed by atoms with van der Waals surface area (Å²) in [7, 11) is 0. The van der Waals surface area contributed by atoms with Gasteiger partial charge in [-0.15, -0.1) is 0 Å². The number of hydrogen-bond donors (Lipinski definition) is 1. The van der Waals surface area contributed by atoms with Crippen molar-refractivity contribution in [2.45, 2.75) is 0 Å². The van der Waals surface area contributed by atoms with Gasteiger partial charge in [-0.25, -0.2) is 0 Å². The van der Waals surface area contributed by atoms with Gasteiger partial charge in [0, 0.05) is 16.1 Å². The van der Waals surface area contributed by atoms with Crippen molar-refractivity contribution in [3.8, 4) is 0 Å². The molecule has 2 aromatic carbocycles. The summed E-state index contributed by atoms with van der Waals surface area (Å²) in [6.45, 7) is 0. The Morgan fingerprint density at radius 2 is 1.94 bits per heavy atom. The quantitative estimate of drug-likeness (QED) is 0.723. The van der Waals surface area contributed by atoms with Crippen LogP contribution < -0.4 is 5.32 Å². The molecular weight excluding hydrogens is 252 g/mol. The van der Waals surface area contributed by atoms with Gasteiger partial charge >= 0.3 is 0 Å². The van der Waals surface area contributed by atoms with Gasteiger partial charge in [-0.3, -0.25) is 0 Å². The Labute approximate surface area is 108 Å². The molecule has 0 atom stereocenters. The molecule has 1 heterocycles. The van der Waals surface area contributed by atoms with E-state index >= 15 is 0 Å². The minimum Gasteiger partial charge on any atom is -0.339 e.